The molecule has 2 rings (SSSR count). The first kappa shape index (κ1) is 11.4. The highest BCUT2D eigenvalue weighted by Crippen LogP contribution is 2.39. The van der Waals surface area contributed by atoms with Gasteiger partial charge in [0.2, 0.25) is 0 Å². The number of halogens is 1. The Kier molecular flexibility index (Phi) is 3.67. The first-order valence-electron chi connectivity index (χ1n) is 5.33. The van der Waals surface area contributed by atoms with Crippen LogP contribution in [0.1, 0.15) is 22.9 Å². The van der Waals surface area contributed by atoms with Crippen molar-refractivity contribution in [1.29, 1.82) is 0 Å². The van der Waals surface area contributed by atoms with Gasteiger partial charge >= 0.3 is 0 Å². The van der Waals surface area contributed by atoms with Gasteiger partial charge in [0.1, 0.15) is 0 Å². The van der Waals surface area contributed by atoms with Crippen LogP contribution < -0.4 is 5.32 Å². The minimum Gasteiger partial charge on any atom is -0.309 e. The molecule has 0 bridgehead atoms. The van der Waals surface area contributed by atoms with Crippen molar-refractivity contribution in [3.05, 3.63) is 20.8 Å². The Hall–Kier alpha value is -0.0900. The first-order valence-corrected chi connectivity index (χ1v) is 6.52. The van der Waals surface area contributed by atoms with Crippen molar-refractivity contribution in [2.24, 2.45) is 0 Å². The lowest BCUT2D eigenvalue weighted by atomic mass is 10.2. The molecule has 1 aliphatic rings. The van der Waals surface area contributed by atoms with Crippen molar-refractivity contribution in [1.82, 2.24) is 10.2 Å². The van der Waals surface area contributed by atoms with Crippen molar-refractivity contribution in [3.63, 3.8) is 0 Å². The van der Waals surface area contributed by atoms with E-state index in [9.17, 15) is 0 Å². The largest absolute Gasteiger partial charge is 0.309 e. The molecule has 0 aromatic carbocycles. The van der Waals surface area contributed by atoms with E-state index < -0.39 is 0 Å². The molecule has 0 spiro atoms. The van der Waals surface area contributed by atoms with Crippen molar-refractivity contribution < 1.29 is 0 Å². The van der Waals surface area contributed by atoms with Crippen LogP contribution in [0.2, 0.25) is 4.34 Å². The highest BCUT2D eigenvalue weighted by atomic mass is 35.5. The molecule has 1 aliphatic carbocycles. The van der Waals surface area contributed by atoms with Crippen LogP contribution in [0.4, 0.5) is 0 Å². The van der Waals surface area contributed by atoms with Gasteiger partial charge in [0.15, 0.2) is 0 Å². The van der Waals surface area contributed by atoms with Crippen LogP contribution >= 0.6 is 22.9 Å². The van der Waals surface area contributed by atoms with Crippen LogP contribution in [-0.2, 0) is 6.42 Å². The van der Waals surface area contributed by atoms with Gasteiger partial charge in [-0.3, -0.25) is 0 Å². The number of hydrogen-bond donors (Lipinski definition) is 1. The van der Waals surface area contributed by atoms with E-state index >= 15 is 0 Å². The van der Waals surface area contributed by atoms with E-state index in [-0.39, 0.29) is 0 Å². The van der Waals surface area contributed by atoms with Crippen molar-refractivity contribution in [3.8, 4) is 0 Å². The Morgan fingerprint density at radius 3 is 3.13 bits per heavy atom. The lowest BCUT2D eigenvalue weighted by Gasteiger charge is -2.15. The van der Waals surface area contributed by atoms with Crippen LogP contribution in [0.3, 0.4) is 0 Å². The van der Waals surface area contributed by atoms with Gasteiger partial charge in [0.05, 0.1) is 4.34 Å². The molecule has 1 unspecified atom stereocenters. The monoisotopic (exact) mass is 244 g/mol. The molecular formula is C11H17ClN2S. The molecular weight excluding hydrogens is 228 g/mol. The minimum absolute atomic E-state index is 0.531. The maximum atomic E-state index is 6.01. The van der Waals surface area contributed by atoms with Crippen molar-refractivity contribution >= 4 is 22.9 Å². The number of nitrogens with one attached hydrogen (secondary N) is 1. The van der Waals surface area contributed by atoms with Gasteiger partial charge < -0.3 is 10.2 Å². The summed E-state index contributed by atoms with van der Waals surface area (Å²) in [5.41, 5.74) is 1.43. The fourth-order valence-corrected chi connectivity index (χ4v) is 3.36. The fourth-order valence-electron chi connectivity index (χ4n) is 2.00. The van der Waals surface area contributed by atoms with Gasteiger partial charge in [-0.05, 0) is 38.6 Å². The van der Waals surface area contributed by atoms with Crippen LogP contribution in [-0.4, -0.2) is 32.1 Å². The zero-order valence-electron chi connectivity index (χ0n) is 9.22. The summed E-state index contributed by atoms with van der Waals surface area (Å²) in [6.07, 6.45) is 2.41. The molecule has 1 aromatic rings. The van der Waals surface area contributed by atoms with Crippen molar-refractivity contribution in [2.45, 2.75) is 18.9 Å². The van der Waals surface area contributed by atoms with Crippen LogP contribution in [0, 0.1) is 0 Å². The topological polar surface area (TPSA) is 15.3 Å². The van der Waals surface area contributed by atoms with E-state index in [0.717, 1.165) is 17.4 Å². The molecule has 1 heterocycles. The number of aryl methyl sites for hydroxylation is 1. The van der Waals surface area contributed by atoms with Crippen molar-refractivity contribution in [2.75, 3.05) is 27.2 Å². The molecule has 2 nitrogen and oxygen atoms in total. The average Bonchev–Trinajstić information content (AvgIpc) is 2.65. The molecule has 1 aromatic heterocycles. The Morgan fingerprint density at radius 2 is 2.40 bits per heavy atom. The molecule has 0 fully saturated rings. The Bertz CT molecular complexity index is 335. The second kappa shape index (κ2) is 4.83. The second-order valence-electron chi connectivity index (χ2n) is 4.28. The molecule has 0 saturated carbocycles. The summed E-state index contributed by atoms with van der Waals surface area (Å²) in [6.45, 7) is 2.13. The highest BCUT2D eigenvalue weighted by Gasteiger charge is 2.24. The summed E-state index contributed by atoms with van der Waals surface area (Å²) in [5, 5.41) is 3.59. The molecule has 1 atom stereocenters. The number of hydrogen-bond acceptors (Lipinski definition) is 3. The molecule has 1 N–H and O–H groups in total. The van der Waals surface area contributed by atoms with E-state index in [2.05, 4.69) is 30.4 Å². The summed E-state index contributed by atoms with van der Waals surface area (Å²) < 4.78 is 0.930. The summed E-state index contributed by atoms with van der Waals surface area (Å²) >= 11 is 7.75. The predicted molar refractivity (Wildman–Crippen MR) is 66.9 cm³/mol. The second-order valence-corrected chi connectivity index (χ2v) is 6.05. The third-order valence-corrected chi connectivity index (χ3v) is 4.14. The Balaban J connectivity index is 1.90. The van der Waals surface area contributed by atoms with Crippen LogP contribution in [0.25, 0.3) is 0 Å². The van der Waals surface area contributed by atoms with E-state index in [1.807, 2.05) is 0 Å². The Morgan fingerprint density at radius 1 is 1.60 bits per heavy atom. The van der Waals surface area contributed by atoms with E-state index in [4.69, 9.17) is 11.6 Å². The molecule has 0 radical (unpaired) electrons. The molecule has 0 saturated heterocycles. The van der Waals surface area contributed by atoms with Crippen LogP contribution in [0.5, 0.6) is 0 Å². The van der Waals surface area contributed by atoms with E-state index in [0.29, 0.717) is 6.04 Å². The average molecular weight is 245 g/mol. The maximum Gasteiger partial charge on any atom is 0.0934 e. The molecule has 0 amide bonds. The van der Waals surface area contributed by atoms with Gasteiger partial charge in [-0.15, -0.1) is 11.3 Å². The lowest BCUT2D eigenvalue weighted by Crippen LogP contribution is -2.28. The fraction of sp³-hybridized carbons (Fsp3) is 0.636. The maximum absolute atomic E-state index is 6.01. The predicted octanol–water partition coefficient (Wildman–Crippen LogP) is 2.54. The van der Waals surface area contributed by atoms with E-state index in [1.54, 1.807) is 11.3 Å². The number of thiophene rings is 1. The Labute approximate surface area is 100 Å². The molecule has 0 aliphatic heterocycles. The summed E-state index contributed by atoms with van der Waals surface area (Å²) in [4.78, 5) is 3.67. The standard InChI is InChI=1S/C11H17ClN2S/c1-14(2)6-5-13-9-3-4-10-8(9)7-11(12)15-10/h7,9,13H,3-6H2,1-2H3. The third kappa shape index (κ3) is 2.72. The number of fused-ring (bicyclic) bond motifs is 1. The summed E-state index contributed by atoms with van der Waals surface area (Å²) in [5.74, 6) is 0. The third-order valence-electron chi connectivity index (χ3n) is 2.80. The first-order chi connectivity index (χ1) is 7.16. The molecule has 84 valence electrons. The quantitative estimate of drug-likeness (QED) is 0.876. The van der Waals surface area contributed by atoms with Gasteiger partial charge in [-0.2, -0.15) is 0 Å². The number of nitrogens with zero attached hydrogens (tertiary/aromatic N) is 1. The SMILES string of the molecule is CN(C)CCNC1CCc2sc(Cl)cc21. The zero-order valence-corrected chi connectivity index (χ0v) is 10.8. The van der Waals surface area contributed by atoms with Gasteiger partial charge in [0, 0.05) is 24.0 Å². The lowest BCUT2D eigenvalue weighted by molar-refractivity contribution is 0.384. The number of rotatable bonds is 4. The zero-order chi connectivity index (χ0) is 10.8. The van der Waals surface area contributed by atoms with Gasteiger partial charge in [-0.25, -0.2) is 0 Å². The summed E-state index contributed by atoms with van der Waals surface area (Å²) in [6, 6.07) is 2.66. The molecule has 4 heteroatoms. The summed E-state index contributed by atoms with van der Waals surface area (Å²) in [7, 11) is 4.20. The van der Waals surface area contributed by atoms with Gasteiger partial charge in [0.25, 0.3) is 0 Å². The molecule has 15 heavy (non-hydrogen) atoms. The van der Waals surface area contributed by atoms with Gasteiger partial charge in [-0.1, -0.05) is 11.6 Å². The van der Waals surface area contributed by atoms with Crippen LogP contribution in [0.15, 0.2) is 6.07 Å². The van der Waals surface area contributed by atoms with E-state index in [1.165, 1.54) is 23.3 Å². The highest BCUT2D eigenvalue weighted by molar-refractivity contribution is 7.16. The normalized spacial score (nSPS) is 19.9. The smallest absolute Gasteiger partial charge is 0.0934 e. The minimum atomic E-state index is 0.531. The number of likely N-dealkylation sites (N-methyl/N-ethyl adjacent to an activating group) is 1.